The zero-order valence-electron chi connectivity index (χ0n) is 5.23. The molecule has 0 amide bonds. The molecule has 5 heteroatoms. The zero-order chi connectivity index (χ0) is 7.56. The third-order valence-electron chi connectivity index (χ3n) is 0.952. The standard InChI is InChI=1S/C5H5BrFN3/c1-8-4-3(6)2-9-5(7)10-4/h2H,1H3,(H,8,9,10). The Bertz CT molecular complexity index is 240. The fourth-order valence-electron chi connectivity index (χ4n) is 0.521. The van der Waals surface area contributed by atoms with Crippen LogP contribution in [0.4, 0.5) is 10.2 Å². The molecular weight excluding hydrogens is 201 g/mol. The summed E-state index contributed by atoms with van der Waals surface area (Å²) in [6, 6.07) is 0. The second kappa shape index (κ2) is 2.92. The van der Waals surface area contributed by atoms with Crippen LogP contribution in [0.3, 0.4) is 0 Å². The van der Waals surface area contributed by atoms with Crippen molar-refractivity contribution in [1.29, 1.82) is 0 Å². The molecule has 0 spiro atoms. The van der Waals surface area contributed by atoms with Crippen molar-refractivity contribution in [3.8, 4) is 0 Å². The molecule has 0 aromatic carbocycles. The van der Waals surface area contributed by atoms with E-state index in [9.17, 15) is 4.39 Å². The Labute approximate surface area is 65.8 Å². The molecule has 0 radical (unpaired) electrons. The molecule has 1 heterocycles. The van der Waals surface area contributed by atoms with Gasteiger partial charge in [-0.2, -0.15) is 9.37 Å². The lowest BCUT2D eigenvalue weighted by molar-refractivity contribution is 0.539. The Morgan fingerprint density at radius 1 is 1.70 bits per heavy atom. The molecule has 1 N–H and O–H groups in total. The lowest BCUT2D eigenvalue weighted by atomic mass is 10.6. The molecule has 1 rings (SSSR count). The maximum absolute atomic E-state index is 12.3. The molecule has 54 valence electrons. The number of anilines is 1. The van der Waals surface area contributed by atoms with E-state index >= 15 is 0 Å². The Morgan fingerprint density at radius 3 is 2.90 bits per heavy atom. The number of hydrogen-bond donors (Lipinski definition) is 1. The van der Waals surface area contributed by atoms with Gasteiger partial charge in [-0.3, -0.25) is 0 Å². The van der Waals surface area contributed by atoms with Crippen LogP contribution in [-0.2, 0) is 0 Å². The summed E-state index contributed by atoms with van der Waals surface area (Å²) >= 11 is 3.14. The second-order valence-corrected chi connectivity index (χ2v) is 2.44. The fraction of sp³-hybridized carbons (Fsp3) is 0.200. The van der Waals surface area contributed by atoms with Crippen molar-refractivity contribution in [2.45, 2.75) is 0 Å². The van der Waals surface area contributed by atoms with Gasteiger partial charge < -0.3 is 5.32 Å². The summed E-state index contributed by atoms with van der Waals surface area (Å²) < 4.78 is 12.9. The molecule has 0 aliphatic heterocycles. The van der Waals surface area contributed by atoms with Gasteiger partial charge in [0, 0.05) is 13.2 Å². The van der Waals surface area contributed by atoms with Crippen LogP contribution in [0.15, 0.2) is 10.7 Å². The van der Waals surface area contributed by atoms with Crippen molar-refractivity contribution in [1.82, 2.24) is 9.97 Å². The lowest BCUT2D eigenvalue weighted by Gasteiger charge is -1.99. The van der Waals surface area contributed by atoms with Crippen LogP contribution in [0.2, 0.25) is 0 Å². The van der Waals surface area contributed by atoms with Crippen LogP contribution < -0.4 is 5.32 Å². The molecule has 0 atom stereocenters. The number of aromatic nitrogens is 2. The van der Waals surface area contributed by atoms with Gasteiger partial charge >= 0.3 is 6.08 Å². The first-order valence-electron chi connectivity index (χ1n) is 2.60. The number of halogens is 2. The monoisotopic (exact) mass is 205 g/mol. The Balaban J connectivity index is 3.09. The van der Waals surface area contributed by atoms with E-state index in [-0.39, 0.29) is 0 Å². The van der Waals surface area contributed by atoms with E-state index in [2.05, 4.69) is 31.2 Å². The van der Waals surface area contributed by atoms with Crippen LogP contribution in [0, 0.1) is 6.08 Å². The van der Waals surface area contributed by atoms with Crippen LogP contribution >= 0.6 is 15.9 Å². The molecule has 0 fully saturated rings. The molecule has 0 saturated carbocycles. The highest BCUT2D eigenvalue weighted by molar-refractivity contribution is 9.10. The first-order valence-corrected chi connectivity index (χ1v) is 3.39. The molecule has 1 aromatic heterocycles. The normalized spacial score (nSPS) is 9.50. The Morgan fingerprint density at radius 2 is 2.40 bits per heavy atom. The SMILES string of the molecule is CNc1nc(F)ncc1Br. The van der Waals surface area contributed by atoms with E-state index in [1.165, 1.54) is 6.20 Å². The van der Waals surface area contributed by atoms with Crippen LogP contribution in [0.5, 0.6) is 0 Å². The molecule has 3 nitrogen and oxygen atoms in total. The van der Waals surface area contributed by atoms with Crippen LogP contribution in [0.25, 0.3) is 0 Å². The smallest absolute Gasteiger partial charge is 0.310 e. The summed E-state index contributed by atoms with van der Waals surface area (Å²) in [5, 5.41) is 2.70. The Hall–Kier alpha value is -0.710. The zero-order valence-corrected chi connectivity index (χ0v) is 6.81. The minimum Gasteiger partial charge on any atom is -0.372 e. The highest BCUT2D eigenvalue weighted by atomic mass is 79.9. The lowest BCUT2D eigenvalue weighted by Crippen LogP contribution is -1.97. The van der Waals surface area contributed by atoms with E-state index in [1.54, 1.807) is 7.05 Å². The molecule has 10 heavy (non-hydrogen) atoms. The topological polar surface area (TPSA) is 37.8 Å². The van der Waals surface area contributed by atoms with Gasteiger partial charge in [-0.1, -0.05) is 0 Å². The van der Waals surface area contributed by atoms with Crippen LogP contribution in [0.1, 0.15) is 0 Å². The van der Waals surface area contributed by atoms with Gasteiger partial charge in [0.05, 0.1) is 4.47 Å². The van der Waals surface area contributed by atoms with Crippen LogP contribution in [-0.4, -0.2) is 17.0 Å². The van der Waals surface area contributed by atoms with E-state index < -0.39 is 6.08 Å². The molecule has 0 aliphatic carbocycles. The number of nitrogens with zero attached hydrogens (tertiary/aromatic N) is 2. The summed E-state index contributed by atoms with van der Waals surface area (Å²) in [5.74, 6) is 0.451. The fourth-order valence-corrected chi connectivity index (χ4v) is 0.910. The van der Waals surface area contributed by atoms with Crippen molar-refractivity contribution in [2.24, 2.45) is 0 Å². The van der Waals surface area contributed by atoms with E-state index in [0.717, 1.165) is 0 Å². The quantitative estimate of drug-likeness (QED) is 0.706. The summed E-state index contributed by atoms with van der Waals surface area (Å²) in [4.78, 5) is 6.78. The minimum atomic E-state index is -0.729. The average Bonchev–Trinajstić information content (AvgIpc) is 1.94. The van der Waals surface area contributed by atoms with Crippen molar-refractivity contribution in [3.63, 3.8) is 0 Å². The van der Waals surface area contributed by atoms with E-state index in [1.807, 2.05) is 0 Å². The number of nitrogens with one attached hydrogen (secondary N) is 1. The molecule has 0 aliphatic rings. The number of hydrogen-bond acceptors (Lipinski definition) is 3. The minimum absolute atomic E-state index is 0.451. The van der Waals surface area contributed by atoms with Crippen molar-refractivity contribution in [3.05, 3.63) is 16.7 Å². The predicted molar refractivity (Wildman–Crippen MR) is 39.2 cm³/mol. The van der Waals surface area contributed by atoms with Gasteiger partial charge in [0.1, 0.15) is 5.82 Å². The van der Waals surface area contributed by atoms with E-state index in [0.29, 0.717) is 10.3 Å². The Kier molecular flexibility index (Phi) is 2.16. The van der Waals surface area contributed by atoms with Crippen molar-refractivity contribution >= 4 is 21.7 Å². The van der Waals surface area contributed by atoms with Crippen molar-refractivity contribution in [2.75, 3.05) is 12.4 Å². The maximum Gasteiger partial charge on any atom is 0.310 e. The van der Waals surface area contributed by atoms with Gasteiger partial charge in [0.2, 0.25) is 0 Å². The van der Waals surface area contributed by atoms with Crippen molar-refractivity contribution < 1.29 is 4.39 Å². The van der Waals surface area contributed by atoms with Gasteiger partial charge in [0.25, 0.3) is 0 Å². The third-order valence-corrected chi connectivity index (χ3v) is 1.53. The third kappa shape index (κ3) is 1.41. The second-order valence-electron chi connectivity index (χ2n) is 1.59. The summed E-state index contributed by atoms with van der Waals surface area (Å²) in [6.45, 7) is 0. The predicted octanol–water partition coefficient (Wildman–Crippen LogP) is 1.42. The highest BCUT2D eigenvalue weighted by Gasteiger charge is 2.00. The molecular formula is C5H5BrFN3. The summed E-state index contributed by atoms with van der Waals surface area (Å²) in [5.41, 5.74) is 0. The highest BCUT2D eigenvalue weighted by Crippen LogP contribution is 2.16. The first kappa shape index (κ1) is 7.40. The number of rotatable bonds is 1. The van der Waals surface area contributed by atoms with Gasteiger partial charge in [-0.25, -0.2) is 4.98 Å². The summed E-state index contributed by atoms with van der Waals surface area (Å²) in [6.07, 6.45) is 0.626. The van der Waals surface area contributed by atoms with E-state index in [4.69, 9.17) is 0 Å². The first-order chi connectivity index (χ1) is 4.74. The average molecular weight is 206 g/mol. The largest absolute Gasteiger partial charge is 0.372 e. The maximum atomic E-state index is 12.3. The van der Waals surface area contributed by atoms with Gasteiger partial charge in [-0.15, -0.1) is 0 Å². The van der Waals surface area contributed by atoms with Gasteiger partial charge in [-0.05, 0) is 15.9 Å². The molecule has 0 saturated heterocycles. The molecule has 0 unspecified atom stereocenters. The molecule has 1 aromatic rings. The summed E-state index contributed by atoms with van der Waals surface area (Å²) in [7, 11) is 1.66. The van der Waals surface area contributed by atoms with Gasteiger partial charge in [0.15, 0.2) is 0 Å². The molecule has 0 bridgehead atoms.